The molecule has 0 atom stereocenters. The van der Waals surface area contributed by atoms with Crippen LogP contribution in [0, 0.1) is 6.92 Å². The average molecular weight is 309 g/mol. The summed E-state index contributed by atoms with van der Waals surface area (Å²) < 4.78 is 2.41. The van der Waals surface area contributed by atoms with Crippen molar-refractivity contribution >= 4 is 33.2 Å². The van der Waals surface area contributed by atoms with Crippen LogP contribution < -0.4 is 11.1 Å². The first-order valence-electron chi connectivity index (χ1n) is 5.34. The Bertz CT molecular complexity index is 606. The quantitative estimate of drug-likeness (QED) is 0.836. The summed E-state index contributed by atoms with van der Waals surface area (Å²) in [5.74, 6) is -0.230. The Balaban J connectivity index is 2.24. The van der Waals surface area contributed by atoms with Crippen LogP contribution in [-0.4, -0.2) is 15.7 Å². The summed E-state index contributed by atoms with van der Waals surface area (Å²) in [5.41, 5.74) is 8.21. The Morgan fingerprint density at radius 2 is 2.17 bits per heavy atom. The van der Waals surface area contributed by atoms with Gasteiger partial charge in [-0.3, -0.25) is 9.48 Å². The van der Waals surface area contributed by atoms with Crippen LogP contribution in [0.2, 0.25) is 0 Å². The number of hydrogen-bond donors (Lipinski definition) is 2. The summed E-state index contributed by atoms with van der Waals surface area (Å²) in [6.45, 7) is 1.84. The van der Waals surface area contributed by atoms with Crippen LogP contribution >= 0.6 is 15.9 Å². The van der Waals surface area contributed by atoms with Gasteiger partial charge >= 0.3 is 0 Å². The van der Waals surface area contributed by atoms with E-state index in [1.807, 2.05) is 13.0 Å². The average Bonchev–Trinajstić information content (AvgIpc) is 2.62. The maximum Gasteiger partial charge on any atom is 0.273 e. The summed E-state index contributed by atoms with van der Waals surface area (Å²) in [5, 5.41) is 6.89. The van der Waals surface area contributed by atoms with Gasteiger partial charge in [-0.1, -0.05) is 15.9 Å². The van der Waals surface area contributed by atoms with Gasteiger partial charge in [-0.2, -0.15) is 5.10 Å². The first-order valence-corrected chi connectivity index (χ1v) is 6.13. The molecule has 0 aliphatic heterocycles. The number of rotatable bonds is 2. The number of carbonyl (C=O) groups excluding carboxylic acids is 1. The number of nitrogen functional groups attached to an aromatic ring is 1. The molecule has 0 aliphatic rings. The lowest BCUT2D eigenvalue weighted by Crippen LogP contribution is -2.16. The van der Waals surface area contributed by atoms with Crippen LogP contribution in [0.15, 0.2) is 28.7 Å². The molecule has 0 bridgehead atoms. The molecule has 0 fully saturated rings. The molecule has 3 N–H and O–H groups in total. The topological polar surface area (TPSA) is 72.9 Å². The van der Waals surface area contributed by atoms with E-state index >= 15 is 0 Å². The Morgan fingerprint density at radius 3 is 2.72 bits per heavy atom. The van der Waals surface area contributed by atoms with Crippen molar-refractivity contribution in [2.24, 2.45) is 7.05 Å². The molecule has 0 spiro atoms. The first-order chi connectivity index (χ1) is 8.47. The van der Waals surface area contributed by atoms with Crippen LogP contribution in [0.3, 0.4) is 0 Å². The van der Waals surface area contributed by atoms with Crippen molar-refractivity contribution in [3.63, 3.8) is 0 Å². The number of aryl methyl sites for hydroxylation is 2. The second-order valence-corrected chi connectivity index (χ2v) is 4.90. The molecule has 0 unspecified atom stereocenters. The minimum atomic E-state index is -0.230. The van der Waals surface area contributed by atoms with Gasteiger partial charge in [-0.05, 0) is 31.2 Å². The molecule has 1 aromatic heterocycles. The second-order valence-electron chi connectivity index (χ2n) is 3.98. The number of carbonyl (C=O) groups is 1. The van der Waals surface area contributed by atoms with Crippen molar-refractivity contribution in [1.82, 2.24) is 9.78 Å². The van der Waals surface area contributed by atoms with Gasteiger partial charge in [0.1, 0.15) is 5.69 Å². The van der Waals surface area contributed by atoms with E-state index in [1.54, 1.807) is 29.9 Å². The normalized spacial score (nSPS) is 10.4. The Labute approximate surface area is 113 Å². The zero-order valence-electron chi connectivity index (χ0n) is 10.1. The smallest absolute Gasteiger partial charge is 0.273 e. The lowest BCUT2D eigenvalue weighted by molar-refractivity contribution is 0.101. The van der Waals surface area contributed by atoms with E-state index in [4.69, 9.17) is 5.73 Å². The molecule has 1 amide bonds. The van der Waals surface area contributed by atoms with Gasteiger partial charge in [0.15, 0.2) is 0 Å². The van der Waals surface area contributed by atoms with Crippen LogP contribution in [0.1, 0.15) is 16.2 Å². The van der Waals surface area contributed by atoms with Gasteiger partial charge in [-0.25, -0.2) is 0 Å². The number of anilines is 2. The van der Waals surface area contributed by atoms with Gasteiger partial charge in [0.2, 0.25) is 0 Å². The van der Waals surface area contributed by atoms with Gasteiger partial charge < -0.3 is 11.1 Å². The van der Waals surface area contributed by atoms with Crippen LogP contribution in [0.4, 0.5) is 11.4 Å². The zero-order valence-corrected chi connectivity index (χ0v) is 11.7. The summed E-state index contributed by atoms with van der Waals surface area (Å²) in [6, 6.07) is 7.04. The second kappa shape index (κ2) is 4.81. The lowest BCUT2D eigenvalue weighted by atomic mass is 10.2. The fourth-order valence-corrected chi connectivity index (χ4v) is 2.04. The van der Waals surface area contributed by atoms with E-state index < -0.39 is 0 Å². The Kier molecular flexibility index (Phi) is 3.38. The lowest BCUT2D eigenvalue weighted by Gasteiger charge is -2.08. The summed E-state index contributed by atoms with van der Waals surface area (Å²) in [7, 11) is 1.73. The number of nitrogens with one attached hydrogen (secondary N) is 1. The molecule has 2 aromatic rings. The fourth-order valence-electron chi connectivity index (χ4n) is 1.66. The van der Waals surface area contributed by atoms with Gasteiger partial charge in [-0.15, -0.1) is 0 Å². The van der Waals surface area contributed by atoms with Crippen molar-refractivity contribution in [3.8, 4) is 0 Å². The van der Waals surface area contributed by atoms with Crippen LogP contribution in [-0.2, 0) is 7.05 Å². The Morgan fingerprint density at radius 1 is 1.44 bits per heavy atom. The highest BCUT2D eigenvalue weighted by atomic mass is 79.9. The van der Waals surface area contributed by atoms with Gasteiger partial charge in [0.05, 0.1) is 17.1 Å². The highest BCUT2D eigenvalue weighted by Gasteiger charge is 2.13. The minimum Gasteiger partial charge on any atom is -0.397 e. The first kappa shape index (κ1) is 12.6. The standard InChI is InChI=1S/C12H13BrN4O/c1-7-5-11(17(2)16-7)12(18)15-10-4-3-8(13)6-9(10)14/h3-6H,14H2,1-2H3,(H,15,18). The van der Waals surface area contributed by atoms with Gasteiger partial charge in [0.25, 0.3) is 5.91 Å². The van der Waals surface area contributed by atoms with E-state index in [0.29, 0.717) is 17.1 Å². The molecule has 1 aromatic carbocycles. The van der Waals surface area contributed by atoms with Crippen LogP contribution in [0.25, 0.3) is 0 Å². The predicted molar refractivity (Wildman–Crippen MR) is 74.5 cm³/mol. The number of nitrogens with zero attached hydrogens (tertiary/aromatic N) is 2. The SMILES string of the molecule is Cc1cc(C(=O)Nc2ccc(Br)cc2N)n(C)n1. The molecule has 0 saturated heterocycles. The molecular weight excluding hydrogens is 296 g/mol. The van der Waals surface area contributed by atoms with Crippen molar-refractivity contribution in [2.45, 2.75) is 6.92 Å². The van der Waals surface area contributed by atoms with E-state index in [9.17, 15) is 4.79 Å². The maximum atomic E-state index is 12.0. The number of halogens is 1. The third kappa shape index (κ3) is 2.53. The summed E-state index contributed by atoms with van der Waals surface area (Å²) in [4.78, 5) is 12.0. The molecule has 18 heavy (non-hydrogen) atoms. The number of hydrogen-bond acceptors (Lipinski definition) is 3. The van der Waals surface area contributed by atoms with Crippen LogP contribution in [0.5, 0.6) is 0 Å². The maximum absolute atomic E-state index is 12.0. The molecule has 0 aliphatic carbocycles. The van der Waals surface area contributed by atoms with Gasteiger partial charge in [0, 0.05) is 11.5 Å². The van der Waals surface area contributed by atoms with E-state index in [1.165, 1.54) is 0 Å². The van der Waals surface area contributed by atoms with Crippen molar-refractivity contribution in [2.75, 3.05) is 11.1 Å². The highest BCUT2D eigenvalue weighted by molar-refractivity contribution is 9.10. The summed E-state index contributed by atoms with van der Waals surface area (Å²) >= 11 is 3.32. The number of nitrogens with two attached hydrogens (primary N) is 1. The predicted octanol–water partition coefficient (Wildman–Crippen LogP) is 2.33. The molecule has 6 heteroatoms. The third-order valence-electron chi connectivity index (χ3n) is 2.50. The monoisotopic (exact) mass is 308 g/mol. The van der Waals surface area contributed by atoms with E-state index in [-0.39, 0.29) is 5.91 Å². The Hall–Kier alpha value is -1.82. The number of aromatic nitrogens is 2. The van der Waals surface area contributed by atoms with Crippen molar-refractivity contribution < 1.29 is 4.79 Å². The molecular formula is C12H13BrN4O. The minimum absolute atomic E-state index is 0.230. The number of amides is 1. The molecule has 94 valence electrons. The summed E-state index contributed by atoms with van der Waals surface area (Å²) in [6.07, 6.45) is 0. The molecule has 0 radical (unpaired) electrons. The zero-order chi connectivity index (χ0) is 13.3. The molecule has 5 nitrogen and oxygen atoms in total. The number of benzene rings is 1. The van der Waals surface area contributed by atoms with E-state index in [2.05, 4.69) is 26.3 Å². The third-order valence-corrected chi connectivity index (χ3v) is 2.99. The van der Waals surface area contributed by atoms with E-state index in [0.717, 1.165) is 10.2 Å². The largest absolute Gasteiger partial charge is 0.397 e. The molecule has 1 heterocycles. The highest BCUT2D eigenvalue weighted by Crippen LogP contribution is 2.23. The molecule has 0 saturated carbocycles. The molecule has 2 rings (SSSR count). The van der Waals surface area contributed by atoms with Crippen molar-refractivity contribution in [1.29, 1.82) is 0 Å². The fraction of sp³-hybridized carbons (Fsp3) is 0.167. The van der Waals surface area contributed by atoms with Crippen molar-refractivity contribution in [3.05, 3.63) is 40.1 Å².